The van der Waals surface area contributed by atoms with Gasteiger partial charge in [0.25, 0.3) is 0 Å². The highest BCUT2D eigenvalue weighted by Crippen LogP contribution is 2.23. The van der Waals surface area contributed by atoms with Crippen molar-refractivity contribution in [2.24, 2.45) is 0 Å². The Bertz CT molecular complexity index is 412. The third kappa shape index (κ3) is 1.46. The molecule has 1 heterocycles. The summed E-state index contributed by atoms with van der Waals surface area (Å²) in [4.78, 5) is 21.9. The van der Waals surface area contributed by atoms with Gasteiger partial charge in [0.1, 0.15) is 5.75 Å². The standard InChI is InChI=1S/C10H9NO3/c1-6(12)7-2-3-9-8(4-7)5-11-10(13)14-9/h2-4H,5H2,1H3,(H,11,13). The molecule has 1 aromatic rings. The van der Waals surface area contributed by atoms with Crippen LogP contribution in [0.3, 0.4) is 0 Å². The van der Waals surface area contributed by atoms with Gasteiger partial charge >= 0.3 is 6.09 Å². The molecule has 1 aliphatic rings. The zero-order valence-electron chi connectivity index (χ0n) is 7.66. The molecule has 14 heavy (non-hydrogen) atoms. The molecule has 0 fully saturated rings. The molecule has 1 aliphatic heterocycles. The predicted octanol–water partition coefficient (Wildman–Crippen LogP) is 1.49. The van der Waals surface area contributed by atoms with Crippen LogP contribution in [0.15, 0.2) is 18.2 Å². The second kappa shape index (κ2) is 3.14. The molecule has 4 heteroatoms. The molecule has 2 rings (SSSR count). The Morgan fingerprint density at radius 1 is 1.50 bits per heavy atom. The molecular formula is C10H9NO3. The van der Waals surface area contributed by atoms with Crippen LogP contribution in [0.5, 0.6) is 5.75 Å². The van der Waals surface area contributed by atoms with Crippen molar-refractivity contribution >= 4 is 11.9 Å². The summed E-state index contributed by atoms with van der Waals surface area (Å²) < 4.78 is 4.91. The summed E-state index contributed by atoms with van der Waals surface area (Å²) in [5, 5.41) is 2.53. The van der Waals surface area contributed by atoms with Crippen LogP contribution in [-0.2, 0) is 6.54 Å². The smallest absolute Gasteiger partial charge is 0.410 e. The summed E-state index contributed by atoms with van der Waals surface area (Å²) in [5.74, 6) is 0.531. The van der Waals surface area contributed by atoms with E-state index in [2.05, 4.69) is 5.32 Å². The van der Waals surface area contributed by atoms with E-state index in [9.17, 15) is 9.59 Å². The van der Waals surface area contributed by atoms with Gasteiger partial charge in [-0.05, 0) is 25.1 Å². The Kier molecular flexibility index (Phi) is 1.96. The van der Waals surface area contributed by atoms with E-state index in [0.717, 1.165) is 5.56 Å². The number of rotatable bonds is 1. The van der Waals surface area contributed by atoms with Crippen LogP contribution in [-0.4, -0.2) is 11.9 Å². The number of Topliss-reactive ketones (excluding diaryl/α,β-unsaturated/α-hetero) is 1. The van der Waals surface area contributed by atoms with Crippen LogP contribution in [0, 0.1) is 0 Å². The first-order chi connectivity index (χ1) is 6.66. The molecule has 0 saturated carbocycles. The summed E-state index contributed by atoms with van der Waals surface area (Å²) in [7, 11) is 0. The third-order valence-corrected chi connectivity index (χ3v) is 2.09. The van der Waals surface area contributed by atoms with E-state index in [1.54, 1.807) is 18.2 Å². The SMILES string of the molecule is CC(=O)c1ccc2c(c1)CNC(=O)O2. The van der Waals surface area contributed by atoms with Crippen molar-refractivity contribution in [2.45, 2.75) is 13.5 Å². The lowest BCUT2D eigenvalue weighted by Crippen LogP contribution is -2.31. The molecule has 0 bridgehead atoms. The van der Waals surface area contributed by atoms with Crippen LogP contribution in [0.2, 0.25) is 0 Å². The monoisotopic (exact) mass is 191 g/mol. The lowest BCUT2D eigenvalue weighted by atomic mass is 10.1. The van der Waals surface area contributed by atoms with Crippen molar-refractivity contribution in [3.05, 3.63) is 29.3 Å². The van der Waals surface area contributed by atoms with E-state index < -0.39 is 6.09 Å². The number of fused-ring (bicyclic) bond motifs is 1. The lowest BCUT2D eigenvalue weighted by molar-refractivity contribution is 0.101. The maximum absolute atomic E-state index is 11.1. The molecule has 0 aromatic heterocycles. The number of benzene rings is 1. The van der Waals surface area contributed by atoms with Gasteiger partial charge in [0, 0.05) is 17.7 Å². The van der Waals surface area contributed by atoms with Gasteiger partial charge in [-0.1, -0.05) is 0 Å². The molecule has 0 atom stereocenters. The van der Waals surface area contributed by atoms with Crippen molar-refractivity contribution in [3.8, 4) is 5.75 Å². The van der Waals surface area contributed by atoms with E-state index in [1.807, 2.05) is 0 Å². The number of ketones is 1. The fraction of sp³-hybridized carbons (Fsp3) is 0.200. The number of hydrogen-bond acceptors (Lipinski definition) is 3. The van der Waals surface area contributed by atoms with Crippen molar-refractivity contribution in [1.29, 1.82) is 0 Å². The molecule has 0 spiro atoms. The summed E-state index contributed by atoms with van der Waals surface area (Å²) in [5.41, 5.74) is 1.46. The molecule has 0 radical (unpaired) electrons. The zero-order chi connectivity index (χ0) is 10.1. The van der Waals surface area contributed by atoms with Crippen LogP contribution in [0.25, 0.3) is 0 Å². The molecule has 4 nitrogen and oxygen atoms in total. The fourth-order valence-electron chi connectivity index (χ4n) is 1.34. The van der Waals surface area contributed by atoms with E-state index >= 15 is 0 Å². The van der Waals surface area contributed by atoms with E-state index in [4.69, 9.17) is 4.74 Å². The van der Waals surface area contributed by atoms with E-state index in [1.165, 1.54) is 6.92 Å². The molecule has 1 N–H and O–H groups in total. The molecular weight excluding hydrogens is 182 g/mol. The van der Waals surface area contributed by atoms with E-state index in [0.29, 0.717) is 17.9 Å². The second-order valence-electron chi connectivity index (χ2n) is 3.12. The molecule has 72 valence electrons. The van der Waals surface area contributed by atoms with E-state index in [-0.39, 0.29) is 5.78 Å². The van der Waals surface area contributed by atoms with Gasteiger partial charge in [-0.25, -0.2) is 4.79 Å². The minimum absolute atomic E-state index is 0.00435. The number of carbonyl (C=O) groups is 2. The molecule has 0 aliphatic carbocycles. The van der Waals surface area contributed by atoms with Gasteiger partial charge < -0.3 is 10.1 Å². The highest BCUT2D eigenvalue weighted by molar-refractivity contribution is 5.94. The second-order valence-corrected chi connectivity index (χ2v) is 3.12. The summed E-state index contributed by atoms with van der Waals surface area (Å²) >= 11 is 0. The van der Waals surface area contributed by atoms with Gasteiger partial charge in [0.2, 0.25) is 0 Å². The fourth-order valence-corrected chi connectivity index (χ4v) is 1.34. The first kappa shape index (κ1) is 8.74. The van der Waals surface area contributed by atoms with Gasteiger partial charge in [-0.15, -0.1) is 0 Å². The number of ether oxygens (including phenoxy) is 1. The first-order valence-corrected chi connectivity index (χ1v) is 4.26. The topological polar surface area (TPSA) is 55.4 Å². The maximum atomic E-state index is 11.1. The summed E-state index contributed by atoms with van der Waals surface area (Å²) in [6.45, 7) is 1.92. The molecule has 1 aromatic carbocycles. The van der Waals surface area contributed by atoms with Crippen LogP contribution < -0.4 is 10.1 Å². The predicted molar refractivity (Wildman–Crippen MR) is 49.3 cm³/mol. The number of amides is 1. The number of nitrogens with one attached hydrogen (secondary N) is 1. The summed E-state index contributed by atoms with van der Waals surface area (Å²) in [6, 6.07) is 5.03. The lowest BCUT2D eigenvalue weighted by Gasteiger charge is -2.16. The Morgan fingerprint density at radius 2 is 2.29 bits per heavy atom. The Hall–Kier alpha value is -1.84. The zero-order valence-corrected chi connectivity index (χ0v) is 7.66. The largest absolute Gasteiger partial charge is 0.412 e. The van der Waals surface area contributed by atoms with Crippen LogP contribution >= 0.6 is 0 Å². The minimum atomic E-state index is -0.451. The average Bonchev–Trinajstić information content (AvgIpc) is 2.16. The average molecular weight is 191 g/mol. The highest BCUT2D eigenvalue weighted by atomic mass is 16.6. The first-order valence-electron chi connectivity index (χ1n) is 4.26. The van der Waals surface area contributed by atoms with Crippen molar-refractivity contribution < 1.29 is 14.3 Å². The Labute approximate surface area is 80.9 Å². The molecule has 1 amide bonds. The number of hydrogen-bond donors (Lipinski definition) is 1. The van der Waals surface area contributed by atoms with Gasteiger partial charge in [-0.3, -0.25) is 4.79 Å². The van der Waals surface area contributed by atoms with Crippen LogP contribution in [0.4, 0.5) is 4.79 Å². The summed E-state index contributed by atoms with van der Waals surface area (Å²) in [6.07, 6.45) is -0.451. The van der Waals surface area contributed by atoms with Gasteiger partial charge in [0.15, 0.2) is 5.78 Å². The molecule has 0 saturated heterocycles. The van der Waals surface area contributed by atoms with Crippen LogP contribution in [0.1, 0.15) is 22.8 Å². The quantitative estimate of drug-likeness (QED) is 0.684. The number of carbonyl (C=O) groups excluding carboxylic acids is 2. The third-order valence-electron chi connectivity index (χ3n) is 2.09. The molecule has 0 unspecified atom stereocenters. The van der Waals surface area contributed by atoms with Gasteiger partial charge in [-0.2, -0.15) is 0 Å². The van der Waals surface area contributed by atoms with Crippen molar-refractivity contribution in [1.82, 2.24) is 5.32 Å². The van der Waals surface area contributed by atoms with Crippen molar-refractivity contribution in [2.75, 3.05) is 0 Å². The minimum Gasteiger partial charge on any atom is -0.410 e. The van der Waals surface area contributed by atoms with Crippen molar-refractivity contribution in [3.63, 3.8) is 0 Å². The Morgan fingerprint density at radius 3 is 3.00 bits per heavy atom. The highest BCUT2D eigenvalue weighted by Gasteiger charge is 2.16. The maximum Gasteiger partial charge on any atom is 0.412 e. The normalized spacial score (nSPS) is 13.9. The Balaban J connectivity index is 2.41. The van der Waals surface area contributed by atoms with Gasteiger partial charge in [0.05, 0.1) is 0 Å².